The fourth-order valence-corrected chi connectivity index (χ4v) is 3.41. The summed E-state index contributed by atoms with van der Waals surface area (Å²) >= 11 is 0. The Kier molecular flexibility index (Phi) is 4.54. The molecule has 1 saturated heterocycles. The second-order valence-corrected chi connectivity index (χ2v) is 6.60. The third-order valence-electron chi connectivity index (χ3n) is 4.80. The van der Waals surface area contributed by atoms with Crippen LogP contribution in [0.1, 0.15) is 46.0 Å². The molecule has 0 aromatic heterocycles. The Morgan fingerprint density at radius 2 is 1.90 bits per heavy atom. The van der Waals surface area contributed by atoms with E-state index in [0.717, 1.165) is 25.7 Å². The van der Waals surface area contributed by atoms with Crippen molar-refractivity contribution in [1.29, 1.82) is 0 Å². The second kappa shape index (κ2) is 6.03. The normalized spacial score (nSPS) is 27.6. The maximum absolute atomic E-state index is 12.7. The molecule has 6 heteroatoms. The molecule has 2 N–H and O–H groups in total. The predicted octanol–water partition coefficient (Wildman–Crippen LogP) is 1.00. The Labute approximate surface area is 124 Å². The van der Waals surface area contributed by atoms with Gasteiger partial charge in [0.05, 0.1) is 5.41 Å². The molecule has 6 nitrogen and oxygen atoms in total. The fraction of sp³-hybridized carbons (Fsp3) is 0.800. The highest BCUT2D eigenvalue weighted by Gasteiger charge is 2.44. The highest BCUT2D eigenvalue weighted by molar-refractivity contribution is 5.88. The molecule has 0 aromatic carbocycles. The molecular formula is C15H24N2O4. The van der Waals surface area contributed by atoms with Crippen LogP contribution in [-0.2, 0) is 14.4 Å². The first kappa shape index (κ1) is 15.8. The summed E-state index contributed by atoms with van der Waals surface area (Å²) in [6.07, 6.45) is 4.52. The number of likely N-dealkylation sites (tertiary alicyclic amines) is 1. The zero-order chi connectivity index (χ0) is 15.6. The standard InChI is InChI=1S/C15H24N2O4/c1-10(18)16-12(11-5-3-4-6-11)13(19)17-8-7-15(2,9-17)14(20)21/h11-12H,3-9H2,1-2H3,(H,16,18)(H,20,21)/t12-,15+/m0/s1. The Morgan fingerprint density at radius 1 is 1.29 bits per heavy atom. The summed E-state index contributed by atoms with van der Waals surface area (Å²) in [4.78, 5) is 37.0. The minimum atomic E-state index is -0.869. The molecule has 2 amide bonds. The maximum Gasteiger partial charge on any atom is 0.311 e. The number of carboxylic acid groups (broad SMARTS) is 1. The van der Waals surface area contributed by atoms with Crippen molar-refractivity contribution in [3.8, 4) is 0 Å². The molecule has 1 aliphatic heterocycles. The summed E-state index contributed by atoms with van der Waals surface area (Å²) in [5.41, 5.74) is -0.869. The predicted molar refractivity (Wildman–Crippen MR) is 76.5 cm³/mol. The van der Waals surface area contributed by atoms with Crippen LogP contribution in [0.3, 0.4) is 0 Å². The van der Waals surface area contributed by atoms with Crippen molar-refractivity contribution in [3.05, 3.63) is 0 Å². The van der Waals surface area contributed by atoms with E-state index < -0.39 is 17.4 Å². The number of carboxylic acids is 1. The van der Waals surface area contributed by atoms with Crippen LogP contribution < -0.4 is 5.32 Å². The first-order valence-corrected chi connectivity index (χ1v) is 7.63. The van der Waals surface area contributed by atoms with Gasteiger partial charge in [0.15, 0.2) is 0 Å². The SMILES string of the molecule is CC(=O)N[C@H](C(=O)N1CC[C@@](C)(C(=O)O)C1)C1CCCC1. The number of hydrogen-bond donors (Lipinski definition) is 2. The van der Waals surface area contributed by atoms with Crippen molar-refractivity contribution < 1.29 is 19.5 Å². The summed E-state index contributed by atoms with van der Waals surface area (Å²) in [6.45, 7) is 3.76. The van der Waals surface area contributed by atoms with Gasteiger partial charge in [-0.25, -0.2) is 0 Å². The van der Waals surface area contributed by atoms with Gasteiger partial charge in [-0.3, -0.25) is 14.4 Å². The van der Waals surface area contributed by atoms with Crippen molar-refractivity contribution in [2.45, 2.75) is 52.0 Å². The van der Waals surface area contributed by atoms with E-state index in [-0.39, 0.29) is 24.3 Å². The average molecular weight is 296 g/mol. The molecule has 1 aliphatic carbocycles. The number of aliphatic carboxylic acids is 1. The molecule has 1 heterocycles. The van der Waals surface area contributed by atoms with Crippen LogP contribution in [0.2, 0.25) is 0 Å². The van der Waals surface area contributed by atoms with E-state index in [0.29, 0.717) is 13.0 Å². The lowest BCUT2D eigenvalue weighted by atomic mass is 9.90. The van der Waals surface area contributed by atoms with E-state index in [2.05, 4.69) is 5.32 Å². The van der Waals surface area contributed by atoms with Crippen LogP contribution in [-0.4, -0.2) is 46.9 Å². The number of rotatable bonds is 4. The van der Waals surface area contributed by atoms with Crippen molar-refractivity contribution >= 4 is 17.8 Å². The molecule has 0 spiro atoms. The van der Waals surface area contributed by atoms with Gasteiger partial charge >= 0.3 is 5.97 Å². The molecule has 2 fully saturated rings. The Hall–Kier alpha value is -1.59. The summed E-state index contributed by atoms with van der Waals surface area (Å²) in [6, 6.07) is -0.499. The molecule has 0 bridgehead atoms. The second-order valence-electron chi connectivity index (χ2n) is 6.60. The van der Waals surface area contributed by atoms with Crippen molar-refractivity contribution in [2.75, 3.05) is 13.1 Å². The third kappa shape index (κ3) is 3.36. The number of amides is 2. The number of hydrogen-bond acceptors (Lipinski definition) is 3. The van der Waals surface area contributed by atoms with Gasteiger partial charge in [-0.1, -0.05) is 12.8 Å². The molecular weight excluding hydrogens is 272 g/mol. The van der Waals surface area contributed by atoms with Gasteiger partial charge in [0.2, 0.25) is 11.8 Å². The first-order valence-electron chi connectivity index (χ1n) is 7.63. The van der Waals surface area contributed by atoms with Crippen molar-refractivity contribution in [1.82, 2.24) is 10.2 Å². The first-order chi connectivity index (χ1) is 9.83. The molecule has 21 heavy (non-hydrogen) atoms. The number of nitrogens with one attached hydrogen (secondary N) is 1. The van der Waals surface area contributed by atoms with Crippen LogP contribution in [0.15, 0.2) is 0 Å². The van der Waals surface area contributed by atoms with E-state index in [1.54, 1.807) is 11.8 Å². The Balaban J connectivity index is 2.08. The minimum absolute atomic E-state index is 0.123. The van der Waals surface area contributed by atoms with Crippen LogP contribution in [0, 0.1) is 11.3 Å². The lowest BCUT2D eigenvalue weighted by Crippen LogP contribution is -2.51. The summed E-state index contributed by atoms with van der Waals surface area (Å²) in [7, 11) is 0. The average Bonchev–Trinajstić information content (AvgIpc) is 3.05. The van der Waals surface area contributed by atoms with Gasteiger partial charge < -0.3 is 15.3 Å². The molecule has 2 aliphatic rings. The number of carbonyl (C=O) groups is 3. The zero-order valence-corrected chi connectivity index (χ0v) is 12.7. The largest absolute Gasteiger partial charge is 0.481 e. The van der Waals surface area contributed by atoms with E-state index >= 15 is 0 Å². The van der Waals surface area contributed by atoms with Gasteiger partial charge in [0, 0.05) is 20.0 Å². The maximum atomic E-state index is 12.7. The fourth-order valence-electron chi connectivity index (χ4n) is 3.41. The lowest BCUT2D eigenvalue weighted by molar-refractivity contribution is -0.147. The minimum Gasteiger partial charge on any atom is -0.481 e. The highest BCUT2D eigenvalue weighted by atomic mass is 16.4. The van der Waals surface area contributed by atoms with Crippen LogP contribution in [0.5, 0.6) is 0 Å². The smallest absolute Gasteiger partial charge is 0.311 e. The molecule has 118 valence electrons. The van der Waals surface area contributed by atoms with E-state index in [1.807, 2.05) is 0 Å². The molecule has 2 atom stereocenters. The highest BCUT2D eigenvalue weighted by Crippen LogP contribution is 2.33. The van der Waals surface area contributed by atoms with Gasteiger partial charge in [-0.2, -0.15) is 0 Å². The monoisotopic (exact) mass is 296 g/mol. The summed E-state index contributed by atoms with van der Waals surface area (Å²) in [5.74, 6) is -1.02. The van der Waals surface area contributed by atoms with E-state index in [1.165, 1.54) is 6.92 Å². The van der Waals surface area contributed by atoms with Gasteiger partial charge in [-0.15, -0.1) is 0 Å². The quantitative estimate of drug-likeness (QED) is 0.810. The zero-order valence-electron chi connectivity index (χ0n) is 12.7. The number of nitrogens with zero attached hydrogens (tertiary/aromatic N) is 1. The Morgan fingerprint density at radius 3 is 2.38 bits per heavy atom. The van der Waals surface area contributed by atoms with Crippen molar-refractivity contribution in [2.24, 2.45) is 11.3 Å². The molecule has 1 saturated carbocycles. The third-order valence-corrected chi connectivity index (χ3v) is 4.80. The van der Waals surface area contributed by atoms with Gasteiger partial charge in [-0.05, 0) is 32.1 Å². The van der Waals surface area contributed by atoms with E-state index in [9.17, 15) is 19.5 Å². The topological polar surface area (TPSA) is 86.7 Å². The molecule has 2 rings (SSSR count). The number of carbonyl (C=O) groups excluding carboxylic acids is 2. The van der Waals surface area contributed by atoms with Crippen LogP contribution >= 0.6 is 0 Å². The van der Waals surface area contributed by atoms with Crippen molar-refractivity contribution in [3.63, 3.8) is 0 Å². The van der Waals surface area contributed by atoms with Gasteiger partial charge in [0.25, 0.3) is 0 Å². The van der Waals surface area contributed by atoms with Crippen LogP contribution in [0.4, 0.5) is 0 Å². The molecule has 0 radical (unpaired) electrons. The summed E-state index contributed by atoms with van der Waals surface area (Å²) < 4.78 is 0. The van der Waals surface area contributed by atoms with E-state index in [4.69, 9.17) is 0 Å². The lowest BCUT2D eigenvalue weighted by Gasteiger charge is -2.28. The summed E-state index contributed by atoms with van der Waals surface area (Å²) in [5, 5.41) is 12.0. The Bertz CT molecular complexity index is 445. The molecule has 0 unspecified atom stereocenters. The van der Waals surface area contributed by atoms with Crippen LogP contribution in [0.25, 0.3) is 0 Å². The van der Waals surface area contributed by atoms with Gasteiger partial charge in [0.1, 0.15) is 6.04 Å². The molecule has 0 aromatic rings.